The molecule has 2 aromatic heterocycles. The van der Waals surface area contributed by atoms with Crippen molar-refractivity contribution in [2.24, 2.45) is 13.0 Å². The van der Waals surface area contributed by atoms with Crippen LogP contribution >= 0.6 is 0 Å². The van der Waals surface area contributed by atoms with Crippen LogP contribution in [0.3, 0.4) is 0 Å². The Morgan fingerprint density at radius 1 is 1.38 bits per heavy atom. The Labute approximate surface area is 141 Å². The number of aryl methyl sites for hydroxylation is 2. The zero-order valence-electron chi connectivity index (χ0n) is 14.5. The number of hydrogen-bond acceptors (Lipinski definition) is 6. The van der Waals surface area contributed by atoms with Gasteiger partial charge in [-0.1, -0.05) is 5.16 Å². The van der Waals surface area contributed by atoms with E-state index < -0.39 is 0 Å². The summed E-state index contributed by atoms with van der Waals surface area (Å²) in [5, 5.41) is 12.2. The van der Waals surface area contributed by atoms with Crippen molar-refractivity contribution in [3.63, 3.8) is 0 Å². The minimum absolute atomic E-state index is 0.0878. The maximum Gasteiger partial charge on any atom is 0.256 e. The van der Waals surface area contributed by atoms with E-state index in [1.807, 2.05) is 11.7 Å². The SMILES string of the molecule is Cc1cc(C(C)NC[C@@H]2CCO[C@@H]2c2nc(C3CC3)no2)nn1C. The summed E-state index contributed by atoms with van der Waals surface area (Å²) >= 11 is 0. The highest BCUT2D eigenvalue weighted by atomic mass is 16.5. The molecule has 3 heterocycles. The van der Waals surface area contributed by atoms with Gasteiger partial charge in [0.1, 0.15) is 6.10 Å². The van der Waals surface area contributed by atoms with Crippen molar-refractivity contribution in [3.05, 3.63) is 29.2 Å². The molecule has 2 fully saturated rings. The van der Waals surface area contributed by atoms with E-state index >= 15 is 0 Å². The van der Waals surface area contributed by atoms with Crippen LogP contribution in [0.25, 0.3) is 0 Å². The van der Waals surface area contributed by atoms with E-state index in [1.165, 1.54) is 18.5 Å². The molecular formula is C17H25N5O2. The van der Waals surface area contributed by atoms with Gasteiger partial charge in [0.15, 0.2) is 5.82 Å². The van der Waals surface area contributed by atoms with Crippen molar-refractivity contribution in [3.8, 4) is 0 Å². The van der Waals surface area contributed by atoms with Crippen molar-refractivity contribution in [2.45, 2.75) is 51.2 Å². The van der Waals surface area contributed by atoms with Crippen molar-refractivity contribution in [1.82, 2.24) is 25.2 Å². The van der Waals surface area contributed by atoms with Crippen LogP contribution in [-0.4, -0.2) is 33.1 Å². The second kappa shape index (κ2) is 6.29. The van der Waals surface area contributed by atoms with Gasteiger partial charge in [0.25, 0.3) is 5.89 Å². The second-order valence-electron chi connectivity index (χ2n) is 7.07. The van der Waals surface area contributed by atoms with Crippen LogP contribution in [0.2, 0.25) is 0 Å². The average molecular weight is 331 g/mol. The van der Waals surface area contributed by atoms with Crippen molar-refractivity contribution in [2.75, 3.05) is 13.2 Å². The van der Waals surface area contributed by atoms with Gasteiger partial charge in [0.2, 0.25) is 0 Å². The van der Waals surface area contributed by atoms with E-state index in [0.717, 1.165) is 31.1 Å². The fourth-order valence-corrected chi connectivity index (χ4v) is 3.22. The van der Waals surface area contributed by atoms with Gasteiger partial charge in [-0.05, 0) is 39.2 Å². The first kappa shape index (κ1) is 15.8. The van der Waals surface area contributed by atoms with Crippen molar-refractivity contribution < 1.29 is 9.26 Å². The quantitative estimate of drug-likeness (QED) is 0.876. The van der Waals surface area contributed by atoms with E-state index in [0.29, 0.717) is 17.7 Å². The Morgan fingerprint density at radius 3 is 2.92 bits per heavy atom. The maximum absolute atomic E-state index is 5.87. The summed E-state index contributed by atoms with van der Waals surface area (Å²) < 4.78 is 13.2. The van der Waals surface area contributed by atoms with Gasteiger partial charge in [0, 0.05) is 43.8 Å². The smallest absolute Gasteiger partial charge is 0.256 e. The van der Waals surface area contributed by atoms with Gasteiger partial charge in [-0.15, -0.1) is 0 Å². The Kier molecular flexibility index (Phi) is 4.14. The summed E-state index contributed by atoms with van der Waals surface area (Å²) in [5.41, 5.74) is 2.23. The van der Waals surface area contributed by atoms with E-state index in [-0.39, 0.29) is 12.1 Å². The molecule has 0 spiro atoms. The number of aromatic nitrogens is 4. The monoisotopic (exact) mass is 331 g/mol. The molecule has 0 aromatic carbocycles. The highest BCUT2D eigenvalue weighted by molar-refractivity contribution is 5.12. The number of hydrogen-bond donors (Lipinski definition) is 1. The van der Waals surface area contributed by atoms with E-state index in [9.17, 15) is 0 Å². The minimum atomic E-state index is -0.0878. The molecule has 3 atom stereocenters. The maximum atomic E-state index is 5.87. The third kappa shape index (κ3) is 3.10. The van der Waals surface area contributed by atoms with Crippen LogP contribution in [0, 0.1) is 12.8 Å². The van der Waals surface area contributed by atoms with Crippen LogP contribution < -0.4 is 5.32 Å². The van der Waals surface area contributed by atoms with E-state index in [1.54, 1.807) is 0 Å². The Balaban J connectivity index is 1.37. The first-order valence-electron chi connectivity index (χ1n) is 8.81. The third-order valence-electron chi connectivity index (χ3n) is 5.12. The number of nitrogens with one attached hydrogen (secondary N) is 1. The number of rotatable bonds is 6. The molecule has 1 aliphatic carbocycles. The molecule has 0 amide bonds. The lowest BCUT2D eigenvalue weighted by atomic mass is 10.0. The Bertz CT molecular complexity index is 686. The van der Waals surface area contributed by atoms with Gasteiger partial charge in [-0.2, -0.15) is 10.1 Å². The van der Waals surface area contributed by atoms with Gasteiger partial charge >= 0.3 is 0 Å². The molecule has 1 saturated carbocycles. The highest BCUT2D eigenvalue weighted by Crippen LogP contribution is 2.40. The zero-order chi connectivity index (χ0) is 16.7. The number of nitrogens with zero attached hydrogens (tertiary/aromatic N) is 4. The standard InChI is InChI=1S/C17H25N5O2/c1-10-8-14(20-22(10)3)11(2)18-9-13-6-7-23-15(13)17-19-16(21-24-17)12-4-5-12/h8,11-13,15,18H,4-7,9H2,1-3H3/t11?,13-,15-/m0/s1. The topological polar surface area (TPSA) is 78.0 Å². The molecule has 2 aliphatic rings. The summed E-state index contributed by atoms with van der Waals surface area (Å²) in [5.74, 6) is 2.35. The second-order valence-corrected chi connectivity index (χ2v) is 7.07. The Hall–Kier alpha value is -1.73. The molecule has 2 aromatic rings. The summed E-state index contributed by atoms with van der Waals surface area (Å²) in [6.07, 6.45) is 3.27. The summed E-state index contributed by atoms with van der Waals surface area (Å²) in [6.45, 7) is 5.80. The molecule has 24 heavy (non-hydrogen) atoms. The predicted molar refractivity (Wildman–Crippen MR) is 87.4 cm³/mol. The molecule has 0 bridgehead atoms. The van der Waals surface area contributed by atoms with Crippen molar-refractivity contribution in [1.29, 1.82) is 0 Å². The van der Waals surface area contributed by atoms with E-state index in [4.69, 9.17) is 9.26 Å². The molecule has 4 rings (SSSR count). The van der Waals surface area contributed by atoms with Crippen LogP contribution in [0.15, 0.2) is 10.6 Å². The molecule has 1 unspecified atom stereocenters. The third-order valence-corrected chi connectivity index (χ3v) is 5.12. The molecule has 1 saturated heterocycles. The van der Waals surface area contributed by atoms with Crippen LogP contribution in [-0.2, 0) is 11.8 Å². The first-order chi connectivity index (χ1) is 11.6. The first-order valence-corrected chi connectivity index (χ1v) is 8.81. The summed E-state index contributed by atoms with van der Waals surface area (Å²) in [7, 11) is 1.97. The lowest BCUT2D eigenvalue weighted by Crippen LogP contribution is -2.27. The molecular weight excluding hydrogens is 306 g/mol. The summed E-state index contributed by atoms with van der Waals surface area (Å²) in [4.78, 5) is 4.56. The van der Waals surface area contributed by atoms with Gasteiger partial charge in [0.05, 0.1) is 5.69 Å². The predicted octanol–water partition coefficient (Wildman–Crippen LogP) is 2.42. The van der Waals surface area contributed by atoms with Crippen LogP contribution in [0.1, 0.15) is 67.4 Å². The normalized spacial score (nSPS) is 25.3. The molecule has 1 aliphatic heterocycles. The van der Waals surface area contributed by atoms with E-state index in [2.05, 4.69) is 40.5 Å². The zero-order valence-corrected chi connectivity index (χ0v) is 14.5. The fourth-order valence-electron chi connectivity index (χ4n) is 3.22. The average Bonchev–Trinajstić information content (AvgIpc) is 2.97. The molecule has 7 heteroatoms. The summed E-state index contributed by atoms with van der Waals surface area (Å²) in [6, 6.07) is 2.33. The lowest BCUT2D eigenvalue weighted by molar-refractivity contribution is 0.0618. The van der Waals surface area contributed by atoms with Crippen LogP contribution in [0.4, 0.5) is 0 Å². The van der Waals surface area contributed by atoms with Crippen LogP contribution in [0.5, 0.6) is 0 Å². The Morgan fingerprint density at radius 2 is 2.21 bits per heavy atom. The largest absolute Gasteiger partial charge is 0.368 e. The molecule has 1 N–H and O–H groups in total. The van der Waals surface area contributed by atoms with Gasteiger partial charge in [-0.3, -0.25) is 4.68 Å². The fraction of sp³-hybridized carbons (Fsp3) is 0.706. The van der Waals surface area contributed by atoms with Gasteiger partial charge < -0.3 is 14.6 Å². The minimum Gasteiger partial charge on any atom is -0.368 e. The van der Waals surface area contributed by atoms with Gasteiger partial charge in [-0.25, -0.2) is 0 Å². The molecule has 130 valence electrons. The highest BCUT2D eigenvalue weighted by Gasteiger charge is 2.36. The van der Waals surface area contributed by atoms with Crippen molar-refractivity contribution >= 4 is 0 Å². The molecule has 0 radical (unpaired) electrons. The molecule has 7 nitrogen and oxygen atoms in total. The number of ether oxygens (including phenoxy) is 1. The lowest BCUT2D eigenvalue weighted by Gasteiger charge is -2.18.